The zero-order valence-corrected chi connectivity index (χ0v) is 11.4. The lowest BCUT2D eigenvalue weighted by molar-refractivity contribution is -0.136. The molecule has 0 aromatic carbocycles. The van der Waals surface area contributed by atoms with Gasteiger partial charge >= 0.3 is 5.97 Å². The molecule has 20 heavy (non-hydrogen) atoms. The number of ether oxygens (including phenoxy) is 1. The van der Waals surface area contributed by atoms with Gasteiger partial charge < -0.3 is 14.7 Å². The molecule has 0 aliphatic carbocycles. The van der Waals surface area contributed by atoms with Gasteiger partial charge in [0.05, 0.1) is 18.9 Å². The van der Waals surface area contributed by atoms with Gasteiger partial charge in [0.15, 0.2) is 5.69 Å². The third-order valence-electron chi connectivity index (χ3n) is 3.18. The monoisotopic (exact) mass is 282 g/mol. The molecule has 0 atom stereocenters. The van der Waals surface area contributed by atoms with E-state index < -0.39 is 5.97 Å². The number of rotatable bonds is 5. The minimum absolute atomic E-state index is 0.0234. The summed E-state index contributed by atoms with van der Waals surface area (Å²) in [5.74, 6) is -1.20. The maximum absolute atomic E-state index is 12.1. The average molecular weight is 282 g/mol. The molecule has 1 aliphatic rings. The standard InChI is InChI=1S/C12H18N4O4/c1-2-3-9-11(12(18)19)13-14-16(9)8-10(17)15-4-6-20-7-5-15/h2-8H2,1H3,(H,18,19). The third kappa shape index (κ3) is 3.13. The van der Waals surface area contributed by atoms with E-state index in [-0.39, 0.29) is 18.1 Å². The van der Waals surface area contributed by atoms with E-state index in [4.69, 9.17) is 9.84 Å². The number of carboxylic acid groups (broad SMARTS) is 1. The molecule has 110 valence electrons. The van der Waals surface area contributed by atoms with Crippen molar-refractivity contribution in [3.8, 4) is 0 Å². The summed E-state index contributed by atoms with van der Waals surface area (Å²) in [7, 11) is 0. The van der Waals surface area contributed by atoms with E-state index in [0.29, 0.717) is 38.4 Å². The van der Waals surface area contributed by atoms with Crippen LogP contribution in [0.4, 0.5) is 0 Å². The van der Waals surface area contributed by atoms with E-state index in [0.717, 1.165) is 6.42 Å². The lowest BCUT2D eigenvalue weighted by Crippen LogP contribution is -2.42. The quantitative estimate of drug-likeness (QED) is 0.802. The molecule has 0 radical (unpaired) electrons. The van der Waals surface area contributed by atoms with E-state index >= 15 is 0 Å². The number of amides is 1. The molecule has 8 nitrogen and oxygen atoms in total. The summed E-state index contributed by atoms with van der Waals surface area (Å²) in [6.07, 6.45) is 1.30. The first-order chi connectivity index (χ1) is 9.63. The molecule has 1 saturated heterocycles. The summed E-state index contributed by atoms with van der Waals surface area (Å²) in [6, 6.07) is 0. The lowest BCUT2D eigenvalue weighted by Gasteiger charge is -2.26. The van der Waals surface area contributed by atoms with Crippen LogP contribution >= 0.6 is 0 Å². The highest BCUT2D eigenvalue weighted by molar-refractivity contribution is 5.86. The van der Waals surface area contributed by atoms with Gasteiger partial charge in [0.25, 0.3) is 0 Å². The molecule has 1 aromatic heterocycles. The molecule has 2 rings (SSSR count). The second-order valence-corrected chi connectivity index (χ2v) is 4.59. The molecule has 1 aromatic rings. The van der Waals surface area contributed by atoms with Crippen molar-refractivity contribution in [2.24, 2.45) is 0 Å². The molecule has 2 heterocycles. The number of carbonyl (C=O) groups is 2. The van der Waals surface area contributed by atoms with Crippen LogP contribution in [0.5, 0.6) is 0 Å². The van der Waals surface area contributed by atoms with Crippen LogP contribution in [0.1, 0.15) is 29.5 Å². The van der Waals surface area contributed by atoms with Crippen molar-refractivity contribution in [3.05, 3.63) is 11.4 Å². The number of carboxylic acids is 1. The molecule has 0 bridgehead atoms. The Balaban J connectivity index is 2.11. The van der Waals surface area contributed by atoms with Crippen molar-refractivity contribution >= 4 is 11.9 Å². The first-order valence-electron chi connectivity index (χ1n) is 6.64. The summed E-state index contributed by atoms with van der Waals surface area (Å²) < 4.78 is 6.59. The van der Waals surface area contributed by atoms with Gasteiger partial charge in [-0.05, 0) is 6.42 Å². The van der Waals surface area contributed by atoms with E-state index in [2.05, 4.69) is 10.3 Å². The van der Waals surface area contributed by atoms with Crippen LogP contribution in [0.2, 0.25) is 0 Å². The van der Waals surface area contributed by atoms with Gasteiger partial charge in [0, 0.05) is 13.1 Å². The zero-order chi connectivity index (χ0) is 14.5. The Morgan fingerprint density at radius 1 is 1.35 bits per heavy atom. The molecule has 0 saturated carbocycles. The number of hydrogen-bond acceptors (Lipinski definition) is 5. The van der Waals surface area contributed by atoms with Gasteiger partial charge in [-0.15, -0.1) is 5.10 Å². The Labute approximate surface area is 116 Å². The minimum atomic E-state index is -1.11. The Hall–Kier alpha value is -1.96. The molecule has 1 aliphatic heterocycles. The van der Waals surface area contributed by atoms with Crippen molar-refractivity contribution in [2.45, 2.75) is 26.3 Å². The summed E-state index contributed by atoms with van der Waals surface area (Å²) in [5, 5.41) is 16.5. The van der Waals surface area contributed by atoms with Crippen LogP contribution < -0.4 is 0 Å². The summed E-state index contributed by atoms with van der Waals surface area (Å²) in [5.41, 5.74) is 0.434. The summed E-state index contributed by atoms with van der Waals surface area (Å²) in [6.45, 7) is 4.14. The number of nitrogens with zero attached hydrogens (tertiary/aromatic N) is 4. The topological polar surface area (TPSA) is 97.5 Å². The minimum Gasteiger partial charge on any atom is -0.476 e. The highest BCUT2D eigenvalue weighted by atomic mass is 16.5. The summed E-state index contributed by atoms with van der Waals surface area (Å²) in [4.78, 5) is 24.9. The largest absolute Gasteiger partial charge is 0.476 e. The van der Waals surface area contributed by atoms with E-state index in [1.54, 1.807) is 4.90 Å². The van der Waals surface area contributed by atoms with Gasteiger partial charge in [-0.2, -0.15) is 0 Å². The number of morpholine rings is 1. The van der Waals surface area contributed by atoms with Crippen molar-refractivity contribution in [1.82, 2.24) is 19.9 Å². The fourth-order valence-corrected chi connectivity index (χ4v) is 2.15. The predicted octanol–water partition coefficient (Wildman–Crippen LogP) is -0.212. The maximum atomic E-state index is 12.1. The molecule has 0 spiro atoms. The second-order valence-electron chi connectivity index (χ2n) is 4.59. The predicted molar refractivity (Wildman–Crippen MR) is 68.4 cm³/mol. The van der Waals surface area contributed by atoms with Crippen LogP contribution in [0, 0.1) is 0 Å². The molecule has 1 fully saturated rings. The van der Waals surface area contributed by atoms with Crippen molar-refractivity contribution in [1.29, 1.82) is 0 Å². The maximum Gasteiger partial charge on any atom is 0.358 e. The third-order valence-corrected chi connectivity index (χ3v) is 3.18. The van der Waals surface area contributed by atoms with Gasteiger partial charge in [0.1, 0.15) is 6.54 Å². The van der Waals surface area contributed by atoms with Crippen molar-refractivity contribution in [3.63, 3.8) is 0 Å². The van der Waals surface area contributed by atoms with Crippen LogP contribution in [0.25, 0.3) is 0 Å². The molecule has 8 heteroatoms. The van der Waals surface area contributed by atoms with E-state index in [1.165, 1.54) is 4.68 Å². The van der Waals surface area contributed by atoms with Crippen molar-refractivity contribution in [2.75, 3.05) is 26.3 Å². The van der Waals surface area contributed by atoms with Gasteiger partial charge in [0.2, 0.25) is 5.91 Å². The molecular formula is C12H18N4O4. The van der Waals surface area contributed by atoms with E-state index in [1.807, 2.05) is 6.92 Å². The average Bonchev–Trinajstić information content (AvgIpc) is 2.83. The zero-order valence-electron chi connectivity index (χ0n) is 11.4. The number of hydrogen-bond donors (Lipinski definition) is 1. The fraction of sp³-hybridized carbons (Fsp3) is 0.667. The Morgan fingerprint density at radius 2 is 2.05 bits per heavy atom. The fourth-order valence-electron chi connectivity index (χ4n) is 2.15. The Kier molecular flexibility index (Phi) is 4.67. The second kappa shape index (κ2) is 6.47. The van der Waals surface area contributed by atoms with Gasteiger partial charge in [-0.3, -0.25) is 4.79 Å². The SMILES string of the molecule is CCCc1c(C(=O)O)nnn1CC(=O)N1CCOCC1. The van der Waals surface area contributed by atoms with Gasteiger partial charge in [-0.25, -0.2) is 9.48 Å². The molecule has 1 N–H and O–H groups in total. The molecule has 0 unspecified atom stereocenters. The highest BCUT2D eigenvalue weighted by Gasteiger charge is 2.22. The van der Waals surface area contributed by atoms with Crippen LogP contribution in [0.15, 0.2) is 0 Å². The van der Waals surface area contributed by atoms with Crippen LogP contribution in [-0.2, 0) is 22.5 Å². The number of aromatic carboxylic acids is 1. The Bertz CT molecular complexity index is 494. The van der Waals surface area contributed by atoms with Crippen LogP contribution in [0.3, 0.4) is 0 Å². The lowest BCUT2D eigenvalue weighted by atomic mass is 10.2. The van der Waals surface area contributed by atoms with Crippen molar-refractivity contribution < 1.29 is 19.4 Å². The smallest absolute Gasteiger partial charge is 0.358 e. The number of aromatic nitrogens is 3. The summed E-state index contributed by atoms with van der Waals surface area (Å²) >= 11 is 0. The molecular weight excluding hydrogens is 264 g/mol. The van der Waals surface area contributed by atoms with Crippen LogP contribution in [-0.4, -0.2) is 63.2 Å². The highest BCUT2D eigenvalue weighted by Crippen LogP contribution is 2.09. The van der Waals surface area contributed by atoms with Gasteiger partial charge in [-0.1, -0.05) is 18.6 Å². The normalized spacial score (nSPS) is 15.3. The van der Waals surface area contributed by atoms with E-state index in [9.17, 15) is 9.59 Å². The Morgan fingerprint density at radius 3 is 2.65 bits per heavy atom. The molecule has 1 amide bonds. The first-order valence-corrected chi connectivity index (χ1v) is 6.64. The number of carbonyl (C=O) groups excluding carboxylic acids is 1. The first kappa shape index (κ1) is 14.4.